The number of hydrogen-bond donors (Lipinski definition) is 0. The molecule has 0 fully saturated rings. The number of nitrogens with zero attached hydrogens (tertiary/aromatic N) is 3. The maximum atomic E-state index is 8.30. The molecule has 5 nitrogen and oxygen atoms in total. The highest BCUT2D eigenvalue weighted by atomic mass is 16.5. The van der Waals surface area contributed by atoms with E-state index in [0.717, 1.165) is 11.1 Å². The zero-order valence-corrected chi connectivity index (χ0v) is 19.4. The summed E-state index contributed by atoms with van der Waals surface area (Å²) in [6.45, 7) is 19.3. The number of rotatable bonds is 6. The topological polar surface area (TPSA) is 67.2 Å². The Bertz CT molecular complexity index is 811. The molecule has 0 heterocycles. The largest absolute Gasteiger partial charge is 0.371 e. The summed E-state index contributed by atoms with van der Waals surface area (Å²) in [7, 11) is 0. The first kappa shape index (κ1) is 25.4. The third kappa shape index (κ3) is 11.4. The van der Waals surface area contributed by atoms with Crippen molar-refractivity contribution < 1.29 is 9.47 Å². The number of ether oxygens (including phenoxy) is 2. The van der Waals surface area contributed by atoms with Crippen LogP contribution in [0.5, 0.6) is 0 Å². The van der Waals surface area contributed by atoms with E-state index in [9.17, 15) is 0 Å². The van der Waals surface area contributed by atoms with Gasteiger partial charge in [0.15, 0.2) is 0 Å². The average molecular weight is 410 g/mol. The molecule has 2 aromatic rings. The molecular formula is C25H35N3O2. The summed E-state index contributed by atoms with van der Waals surface area (Å²) in [6.07, 6.45) is 0. The molecule has 0 aliphatic heterocycles. The van der Waals surface area contributed by atoms with Gasteiger partial charge in [0.05, 0.1) is 24.4 Å². The van der Waals surface area contributed by atoms with Gasteiger partial charge in [0.1, 0.15) is 0 Å². The molecule has 0 aliphatic rings. The Morgan fingerprint density at radius 1 is 0.900 bits per heavy atom. The Balaban J connectivity index is 0.000000300. The minimum absolute atomic E-state index is 0.0841. The third-order valence-corrected chi connectivity index (χ3v) is 3.83. The predicted molar refractivity (Wildman–Crippen MR) is 125 cm³/mol. The highest BCUT2D eigenvalue weighted by Crippen LogP contribution is 2.18. The minimum atomic E-state index is -0.158. The zero-order chi connectivity index (χ0) is 22.8. The average Bonchev–Trinajstić information content (AvgIpc) is 2.65. The van der Waals surface area contributed by atoms with Gasteiger partial charge in [-0.05, 0) is 82.8 Å². The smallest absolute Gasteiger partial charge is 0.0724 e. The van der Waals surface area contributed by atoms with Gasteiger partial charge in [0, 0.05) is 10.6 Å². The van der Waals surface area contributed by atoms with Crippen LogP contribution in [0.3, 0.4) is 0 Å². The molecule has 0 spiro atoms. The van der Waals surface area contributed by atoms with Crippen LogP contribution in [0.4, 0.5) is 5.69 Å². The highest BCUT2D eigenvalue weighted by Gasteiger charge is 2.10. The number of benzene rings is 2. The van der Waals surface area contributed by atoms with Crippen molar-refractivity contribution in [3.05, 3.63) is 82.2 Å². The van der Waals surface area contributed by atoms with Crippen LogP contribution in [0.1, 0.15) is 65.2 Å². The number of allylic oxidation sites excluding steroid dienone is 1. The standard InChI is InChI=1S/C14H20O.C11H15N3O/c1-11(2)13-8-6-7-12(9-13)10-15-14(3,4)5;1-11(2,3)15-8-9-5-4-6-10(7-9)13-14-12/h6-9H,1,10H2,2-5H3;4-7H,8H2,1-3H3. The normalized spacial score (nSPS) is 11.2. The molecule has 0 radical (unpaired) electrons. The fourth-order valence-corrected chi connectivity index (χ4v) is 2.29. The molecule has 0 N–H and O–H groups in total. The molecule has 30 heavy (non-hydrogen) atoms. The Morgan fingerprint density at radius 2 is 1.40 bits per heavy atom. The monoisotopic (exact) mass is 409 g/mol. The predicted octanol–water partition coefficient (Wildman–Crippen LogP) is 7.98. The SMILES string of the molecule is C=C(C)c1cccc(COC(C)(C)C)c1.CC(C)(C)OCc1cccc(N=[N+]=[N-])c1. The Morgan fingerprint density at radius 3 is 1.87 bits per heavy atom. The van der Waals surface area contributed by atoms with Gasteiger partial charge in [-0.2, -0.15) is 0 Å². The fourth-order valence-electron chi connectivity index (χ4n) is 2.29. The Labute approximate surface area is 181 Å². The summed E-state index contributed by atoms with van der Waals surface area (Å²) < 4.78 is 11.3. The van der Waals surface area contributed by atoms with Gasteiger partial charge in [-0.1, -0.05) is 53.7 Å². The van der Waals surface area contributed by atoms with Crippen LogP contribution in [0.25, 0.3) is 16.0 Å². The van der Waals surface area contributed by atoms with E-state index >= 15 is 0 Å². The van der Waals surface area contributed by atoms with Gasteiger partial charge < -0.3 is 9.47 Å². The molecule has 2 aromatic carbocycles. The van der Waals surface area contributed by atoms with Crippen LogP contribution in [0, 0.1) is 0 Å². The van der Waals surface area contributed by atoms with Gasteiger partial charge >= 0.3 is 0 Å². The van der Waals surface area contributed by atoms with Crippen LogP contribution in [0.15, 0.2) is 60.2 Å². The third-order valence-electron chi connectivity index (χ3n) is 3.83. The fraction of sp³-hybridized carbons (Fsp3) is 0.440. The van der Waals surface area contributed by atoms with E-state index in [2.05, 4.69) is 55.6 Å². The van der Waals surface area contributed by atoms with Crippen molar-refractivity contribution in [2.75, 3.05) is 0 Å². The lowest BCUT2D eigenvalue weighted by Gasteiger charge is -2.19. The van der Waals surface area contributed by atoms with Gasteiger partial charge in [-0.3, -0.25) is 0 Å². The van der Waals surface area contributed by atoms with Gasteiger partial charge in [-0.25, -0.2) is 0 Å². The first-order valence-electron chi connectivity index (χ1n) is 10.1. The van der Waals surface area contributed by atoms with Gasteiger partial charge in [-0.15, -0.1) is 0 Å². The van der Waals surface area contributed by atoms with Crippen molar-refractivity contribution >= 4 is 11.3 Å². The van der Waals surface area contributed by atoms with Crippen LogP contribution in [0.2, 0.25) is 0 Å². The minimum Gasteiger partial charge on any atom is -0.371 e. The molecule has 0 atom stereocenters. The molecular weight excluding hydrogens is 374 g/mol. The quantitative estimate of drug-likeness (QED) is 0.276. The molecule has 0 aliphatic carbocycles. The van der Waals surface area contributed by atoms with Crippen LogP contribution < -0.4 is 0 Å². The van der Waals surface area contributed by atoms with Crippen LogP contribution >= 0.6 is 0 Å². The second-order valence-electron chi connectivity index (χ2n) is 9.14. The first-order chi connectivity index (χ1) is 13.9. The first-order valence-corrected chi connectivity index (χ1v) is 10.1. The van der Waals surface area contributed by atoms with E-state index in [4.69, 9.17) is 15.0 Å². The van der Waals surface area contributed by atoms with Crippen LogP contribution in [-0.4, -0.2) is 11.2 Å². The van der Waals surface area contributed by atoms with Crippen molar-refractivity contribution in [1.29, 1.82) is 0 Å². The van der Waals surface area contributed by atoms with Crippen molar-refractivity contribution in [2.45, 2.75) is 72.9 Å². The molecule has 0 amide bonds. The lowest BCUT2D eigenvalue weighted by molar-refractivity contribution is -0.0152. The van der Waals surface area contributed by atoms with E-state index in [-0.39, 0.29) is 11.2 Å². The lowest BCUT2D eigenvalue weighted by Crippen LogP contribution is -2.18. The zero-order valence-electron chi connectivity index (χ0n) is 19.4. The maximum absolute atomic E-state index is 8.30. The van der Waals surface area contributed by atoms with E-state index in [0.29, 0.717) is 18.9 Å². The van der Waals surface area contributed by atoms with Gasteiger partial charge in [0.25, 0.3) is 0 Å². The molecule has 2 rings (SSSR count). The van der Waals surface area contributed by atoms with Gasteiger partial charge in [0.2, 0.25) is 0 Å². The number of azide groups is 1. The molecule has 0 saturated heterocycles. The van der Waals surface area contributed by atoms with Crippen molar-refractivity contribution in [3.8, 4) is 0 Å². The summed E-state index contributed by atoms with van der Waals surface area (Å²) in [5, 5.41) is 3.54. The molecule has 0 bridgehead atoms. The van der Waals surface area contributed by atoms with Crippen molar-refractivity contribution in [2.24, 2.45) is 5.11 Å². The molecule has 162 valence electrons. The summed E-state index contributed by atoms with van der Waals surface area (Å²) >= 11 is 0. The molecule has 0 aromatic heterocycles. The van der Waals surface area contributed by atoms with Crippen LogP contribution in [-0.2, 0) is 22.7 Å². The van der Waals surface area contributed by atoms with E-state index in [1.54, 1.807) is 6.07 Å². The van der Waals surface area contributed by atoms with E-state index in [1.165, 1.54) is 11.1 Å². The lowest BCUT2D eigenvalue weighted by atomic mass is 10.1. The molecule has 5 heteroatoms. The van der Waals surface area contributed by atoms with E-state index in [1.807, 2.05) is 52.0 Å². The Hall–Kier alpha value is -2.59. The molecule has 0 unspecified atom stereocenters. The summed E-state index contributed by atoms with van der Waals surface area (Å²) in [4.78, 5) is 2.74. The number of hydrogen-bond acceptors (Lipinski definition) is 3. The maximum Gasteiger partial charge on any atom is 0.0724 e. The second-order valence-corrected chi connectivity index (χ2v) is 9.14. The summed E-state index contributed by atoms with van der Waals surface area (Å²) in [6, 6.07) is 15.7. The summed E-state index contributed by atoms with van der Waals surface area (Å²) in [5.74, 6) is 0. The molecule has 0 saturated carbocycles. The second kappa shape index (κ2) is 11.6. The van der Waals surface area contributed by atoms with E-state index < -0.39 is 0 Å². The highest BCUT2D eigenvalue weighted by molar-refractivity contribution is 5.61. The summed E-state index contributed by atoms with van der Waals surface area (Å²) in [5.41, 5.74) is 13.2. The van der Waals surface area contributed by atoms with Crippen molar-refractivity contribution in [3.63, 3.8) is 0 Å². The Kier molecular flexibility index (Phi) is 9.80. The van der Waals surface area contributed by atoms with Crippen molar-refractivity contribution in [1.82, 2.24) is 0 Å².